The van der Waals surface area contributed by atoms with Crippen molar-refractivity contribution in [2.24, 2.45) is 0 Å². The highest BCUT2D eigenvalue weighted by Crippen LogP contribution is 2.31. The van der Waals surface area contributed by atoms with Gasteiger partial charge in [0, 0.05) is 19.1 Å². The summed E-state index contributed by atoms with van der Waals surface area (Å²) in [6, 6.07) is 4.63. The van der Waals surface area contributed by atoms with Gasteiger partial charge < -0.3 is 14.4 Å². The molecule has 3 rings (SSSR count). The fraction of sp³-hybridized carbons (Fsp3) is 0.611. The normalized spacial score (nSPS) is 25.0. The molecule has 0 N–H and O–H groups in total. The molecule has 0 spiro atoms. The molecule has 1 amide bonds. The number of hydrogen-bond donors (Lipinski definition) is 0. The van der Waals surface area contributed by atoms with Crippen LogP contribution in [-0.2, 0) is 9.84 Å². The van der Waals surface area contributed by atoms with Gasteiger partial charge in [0.1, 0.15) is 11.5 Å². The van der Waals surface area contributed by atoms with Crippen LogP contribution in [0.5, 0.6) is 11.5 Å². The number of benzene rings is 1. The molecule has 2 aliphatic rings. The van der Waals surface area contributed by atoms with Gasteiger partial charge in [0.05, 0.1) is 37.3 Å². The van der Waals surface area contributed by atoms with Crippen molar-refractivity contribution in [3.05, 3.63) is 23.8 Å². The van der Waals surface area contributed by atoms with Crippen LogP contribution >= 0.6 is 0 Å². The molecule has 2 atom stereocenters. The Morgan fingerprint density at radius 2 is 1.88 bits per heavy atom. The number of carbonyl (C=O) groups is 1. The van der Waals surface area contributed by atoms with E-state index < -0.39 is 9.84 Å². The first-order valence-electron chi connectivity index (χ1n) is 8.87. The SMILES string of the molecule is CCCN1CCN(C(=O)c2cc(OC)ccc2OC)[C@H]2CS(=O)(=O)C[C@H]21. The van der Waals surface area contributed by atoms with Crippen molar-refractivity contribution in [2.75, 3.05) is 45.4 Å². The van der Waals surface area contributed by atoms with Crippen molar-refractivity contribution in [1.29, 1.82) is 0 Å². The minimum Gasteiger partial charge on any atom is -0.497 e. The second-order valence-electron chi connectivity index (χ2n) is 6.81. The topological polar surface area (TPSA) is 76.2 Å². The Morgan fingerprint density at radius 3 is 2.54 bits per heavy atom. The van der Waals surface area contributed by atoms with Crippen LogP contribution < -0.4 is 9.47 Å². The summed E-state index contributed by atoms with van der Waals surface area (Å²) >= 11 is 0. The van der Waals surface area contributed by atoms with Gasteiger partial charge in [-0.25, -0.2) is 8.42 Å². The van der Waals surface area contributed by atoms with Crippen molar-refractivity contribution in [2.45, 2.75) is 25.4 Å². The number of piperazine rings is 1. The first kappa shape index (κ1) is 19.0. The molecule has 26 heavy (non-hydrogen) atoms. The summed E-state index contributed by atoms with van der Waals surface area (Å²) in [7, 11) is -0.0934. The number of nitrogens with zero attached hydrogens (tertiary/aromatic N) is 2. The summed E-state index contributed by atoms with van der Waals surface area (Å²) < 4.78 is 35.1. The molecule has 0 saturated carbocycles. The molecule has 0 bridgehead atoms. The molecule has 0 unspecified atom stereocenters. The lowest BCUT2D eigenvalue weighted by Gasteiger charge is -2.44. The Labute approximate surface area is 154 Å². The zero-order chi connectivity index (χ0) is 18.9. The fourth-order valence-electron chi connectivity index (χ4n) is 3.98. The predicted molar refractivity (Wildman–Crippen MR) is 98.7 cm³/mol. The number of carbonyl (C=O) groups excluding carboxylic acids is 1. The van der Waals surface area contributed by atoms with Crippen LogP contribution in [0.2, 0.25) is 0 Å². The molecule has 144 valence electrons. The number of methoxy groups -OCH3 is 2. The largest absolute Gasteiger partial charge is 0.497 e. The van der Waals surface area contributed by atoms with Gasteiger partial charge in [0.2, 0.25) is 0 Å². The van der Waals surface area contributed by atoms with Crippen molar-refractivity contribution in [1.82, 2.24) is 9.80 Å². The van der Waals surface area contributed by atoms with Gasteiger partial charge in [0.15, 0.2) is 9.84 Å². The number of sulfone groups is 1. The Hall–Kier alpha value is -1.80. The van der Waals surface area contributed by atoms with Crippen LogP contribution in [0.3, 0.4) is 0 Å². The first-order chi connectivity index (χ1) is 12.4. The maximum atomic E-state index is 13.2. The lowest BCUT2D eigenvalue weighted by Crippen LogP contribution is -2.60. The van der Waals surface area contributed by atoms with Crippen molar-refractivity contribution < 1.29 is 22.7 Å². The van der Waals surface area contributed by atoms with E-state index in [1.807, 2.05) is 0 Å². The summed E-state index contributed by atoms with van der Waals surface area (Å²) in [6.45, 7) is 4.12. The monoisotopic (exact) mass is 382 g/mol. The van der Waals surface area contributed by atoms with Crippen molar-refractivity contribution in [3.8, 4) is 11.5 Å². The zero-order valence-corrected chi connectivity index (χ0v) is 16.3. The molecule has 8 heteroatoms. The Balaban J connectivity index is 1.93. The molecule has 1 aromatic rings. The molecular formula is C18H26N2O5S. The van der Waals surface area contributed by atoms with E-state index in [9.17, 15) is 13.2 Å². The molecule has 0 aromatic heterocycles. The third-order valence-corrected chi connectivity index (χ3v) is 6.90. The highest BCUT2D eigenvalue weighted by atomic mass is 32.2. The van der Waals surface area contributed by atoms with E-state index in [1.165, 1.54) is 7.11 Å². The average Bonchev–Trinajstić information content (AvgIpc) is 2.96. The summed E-state index contributed by atoms with van der Waals surface area (Å²) in [4.78, 5) is 17.2. The Bertz CT molecular complexity index is 780. The van der Waals surface area contributed by atoms with Crippen LogP contribution in [0.4, 0.5) is 0 Å². The molecule has 2 saturated heterocycles. The van der Waals surface area contributed by atoms with Crippen LogP contribution in [0, 0.1) is 0 Å². The molecule has 2 aliphatic heterocycles. The van der Waals surface area contributed by atoms with E-state index in [0.717, 1.165) is 13.0 Å². The second kappa shape index (κ2) is 7.44. The molecule has 0 radical (unpaired) electrons. The van der Waals surface area contributed by atoms with E-state index in [1.54, 1.807) is 30.2 Å². The zero-order valence-electron chi connectivity index (χ0n) is 15.5. The second-order valence-corrected chi connectivity index (χ2v) is 8.97. The van der Waals surface area contributed by atoms with E-state index in [0.29, 0.717) is 30.2 Å². The number of ether oxygens (including phenoxy) is 2. The summed E-state index contributed by atoms with van der Waals surface area (Å²) in [5.41, 5.74) is 0.402. The van der Waals surface area contributed by atoms with E-state index in [-0.39, 0.29) is 29.5 Å². The molecule has 0 aliphatic carbocycles. The maximum Gasteiger partial charge on any atom is 0.258 e. The van der Waals surface area contributed by atoms with E-state index in [4.69, 9.17) is 9.47 Å². The number of fused-ring (bicyclic) bond motifs is 1. The fourth-order valence-corrected chi connectivity index (χ4v) is 5.99. The van der Waals surface area contributed by atoms with Gasteiger partial charge in [-0.3, -0.25) is 9.69 Å². The molecule has 2 heterocycles. The quantitative estimate of drug-likeness (QED) is 0.757. The first-order valence-corrected chi connectivity index (χ1v) is 10.7. The van der Waals surface area contributed by atoms with Crippen molar-refractivity contribution in [3.63, 3.8) is 0 Å². The third kappa shape index (κ3) is 3.53. The highest BCUT2D eigenvalue weighted by molar-refractivity contribution is 7.91. The highest BCUT2D eigenvalue weighted by Gasteiger charge is 2.48. The molecule has 2 fully saturated rings. The van der Waals surface area contributed by atoms with E-state index >= 15 is 0 Å². The van der Waals surface area contributed by atoms with Crippen molar-refractivity contribution >= 4 is 15.7 Å². The lowest BCUT2D eigenvalue weighted by molar-refractivity contribution is 0.0330. The molecule has 1 aromatic carbocycles. The van der Waals surface area contributed by atoms with E-state index in [2.05, 4.69) is 11.8 Å². The van der Waals surface area contributed by atoms with Gasteiger partial charge in [0.25, 0.3) is 5.91 Å². The third-order valence-electron chi connectivity index (χ3n) is 5.20. The van der Waals surface area contributed by atoms with Gasteiger partial charge in [-0.2, -0.15) is 0 Å². The predicted octanol–water partition coefficient (Wildman–Crippen LogP) is 1.04. The minimum absolute atomic E-state index is 0.0237. The Morgan fingerprint density at radius 1 is 1.15 bits per heavy atom. The average molecular weight is 382 g/mol. The summed E-state index contributed by atoms with van der Waals surface area (Å²) in [5, 5.41) is 0. The standard InChI is InChI=1S/C18H26N2O5S/c1-4-7-19-8-9-20(16-12-26(22,23)11-15(16)19)18(21)14-10-13(24-2)5-6-17(14)25-3/h5-6,10,15-16H,4,7-9,11-12H2,1-3H3/t15-,16+/m1/s1. The molecular weight excluding hydrogens is 356 g/mol. The lowest BCUT2D eigenvalue weighted by atomic mass is 10.0. The smallest absolute Gasteiger partial charge is 0.258 e. The molecule has 7 nitrogen and oxygen atoms in total. The maximum absolute atomic E-state index is 13.2. The number of hydrogen-bond acceptors (Lipinski definition) is 6. The summed E-state index contributed by atoms with van der Waals surface area (Å²) in [5.74, 6) is 0.967. The summed E-state index contributed by atoms with van der Waals surface area (Å²) in [6.07, 6.45) is 0.959. The minimum atomic E-state index is -3.15. The van der Waals surface area contributed by atoms with Gasteiger partial charge in [-0.05, 0) is 31.2 Å². The van der Waals surface area contributed by atoms with Crippen LogP contribution in [0.1, 0.15) is 23.7 Å². The Kier molecular flexibility index (Phi) is 5.43. The number of rotatable bonds is 5. The van der Waals surface area contributed by atoms with Crippen LogP contribution in [0.25, 0.3) is 0 Å². The van der Waals surface area contributed by atoms with Crippen LogP contribution in [0.15, 0.2) is 18.2 Å². The number of amides is 1. The van der Waals surface area contributed by atoms with Crippen LogP contribution in [-0.4, -0.2) is 81.6 Å². The van der Waals surface area contributed by atoms with Gasteiger partial charge >= 0.3 is 0 Å². The van der Waals surface area contributed by atoms with Gasteiger partial charge in [-0.15, -0.1) is 0 Å². The van der Waals surface area contributed by atoms with Gasteiger partial charge in [-0.1, -0.05) is 6.92 Å².